The number of hydrogen-bond acceptors (Lipinski definition) is 3. The lowest BCUT2D eigenvalue weighted by Gasteiger charge is -2.10. The molecule has 0 radical (unpaired) electrons. The molecule has 28 heavy (non-hydrogen) atoms. The number of benzene rings is 2. The van der Waals surface area contributed by atoms with Crippen LogP contribution in [-0.4, -0.2) is 22.4 Å². The largest absolute Gasteiger partial charge is 0.338 e. The molecule has 3 aromatic rings. The Morgan fingerprint density at radius 3 is 2.71 bits per heavy atom. The number of nitrogens with one attached hydrogen (secondary N) is 2. The second kappa shape index (κ2) is 8.43. The van der Waals surface area contributed by atoms with Crippen LogP contribution < -0.4 is 16.2 Å². The molecule has 0 fully saturated rings. The van der Waals surface area contributed by atoms with E-state index in [0.29, 0.717) is 17.8 Å². The quantitative estimate of drug-likeness (QED) is 0.708. The minimum absolute atomic E-state index is 0.0274. The third-order valence-corrected chi connectivity index (χ3v) is 3.93. The molecule has 0 aliphatic heterocycles. The summed E-state index contributed by atoms with van der Waals surface area (Å²) in [4.78, 5) is 23.8. The van der Waals surface area contributed by atoms with E-state index in [9.17, 15) is 18.4 Å². The number of carbonyl (C=O) groups excluding carboxylic acids is 1. The Bertz CT molecular complexity index is 1070. The Labute approximate surface area is 159 Å². The van der Waals surface area contributed by atoms with Crippen LogP contribution in [0.3, 0.4) is 0 Å². The van der Waals surface area contributed by atoms with E-state index in [-0.39, 0.29) is 29.4 Å². The summed E-state index contributed by atoms with van der Waals surface area (Å²) in [6.45, 7) is 2.41. The van der Waals surface area contributed by atoms with Crippen molar-refractivity contribution in [1.29, 1.82) is 0 Å². The van der Waals surface area contributed by atoms with Gasteiger partial charge in [-0.25, -0.2) is 18.3 Å². The number of hydrogen-bond donors (Lipinski definition) is 2. The van der Waals surface area contributed by atoms with Crippen molar-refractivity contribution in [1.82, 2.24) is 15.1 Å². The molecule has 2 N–H and O–H groups in total. The van der Waals surface area contributed by atoms with E-state index in [2.05, 4.69) is 15.7 Å². The fraction of sp³-hybridized carbons (Fsp3) is 0.150. The molecule has 0 bridgehead atoms. The van der Waals surface area contributed by atoms with Crippen molar-refractivity contribution < 1.29 is 13.6 Å². The zero-order valence-corrected chi connectivity index (χ0v) is 15.1. The van der Waals surface area contributed by atoms with Crippen LogP contribution in [0.1, 0.15) is 12.5 Å². The van der Waals surface area contributed by atoms with E-state index in [4.69, 9.17) is 0 Å². The molecule has 0 saturated heterocycles. The SMILES string of the molecule is CCNC(=O)Nc1cccc(Cn2nc(-c3cc(F)ccc3F)ccc2=O)c1. The smallest absolute Gasteiger partial charge is 0.319 e. The van der Waals surface area contributed by atoms with Crippen LogP contribution in [0.2, 0.25) is 0 Å². The normalized spacial score (nSPS) is 10.5. The van der Waals surface area contributed by atoms with Crippen LogP contribution in [0.15, 0.2) is 59.4 Å². The van der Waals surface area contributed by atoms with Crippen LogP contribution in [0.25, 0.3) is 11.3 Å². The number of halogens is 2. The Morgan fingerprint density at radius 2 is 1.93 bits per heavy atom. The first-order chi connectivity index (χ1) is 13.5. The predicted octanol–water partition coefficient (Wildman–Crippen LogP) is 3.38. The fourth-order valence-electron chi connectivity index (χ4n) is 2.66. The van der Waals surface area contributed by atoms with Gasteiger partial charge in [-0.2, -0.15) is 5.10 Å². The summed E-state index contributed by atoms with van der Waals surface area (Å²) < 4.78 is 28.6. The highest BCUT2D eigenvalue weighted by atomic mass is 19.1. The molecule has 2 aromatic carbocycles. The number of anilines is 1. The molecule has 3 rings (SSSR count). The van der Waals surface area contributed by atoms with Crippen LogP contribution in [0, 0.1) is 11.6 Å². The average Bonchev–Trinajstić information content (AvgIpc) is 2.66. The van der Waals surface area contributed by atoms with E-state index >= 15 is 0 Å². The second-order valence-corrected chi connectivity index (χ2v) is 6.02. The molecule has 0 spiro atoms. The van der Waals surface area contributed by atoms with Crippen LogP contribution in [0.4, 0.5) is 19.3 Å². The molecule has 0 saturated carbocycles. The van der Waals surface area contributed by atoms with Crippen molar-refractivity contribution in [2.24, 2.45) is 0 Å². The first kappa shape index (κ1) is 19.2. The summed E-state index contributed by atoms with van der Waals surface area (Å²) >= 11 is 0. The lowest BCUT2D eigenvalue weighted by molar-refractivity contribution is 0.252. The molecule has 8 heteroatoms. The van der Waals surface area contributed by atoms with E-state index in [0.717, 1.165) is 22.9 Å². The Kier molecular flexibility index (Phi) is 5.78. The van der Waals surface area contributed by atoms with Gasteiger partial charge in [0, 0.05) is 23.9 Å². The third kappa shape index (κ3) is 4.59. The van der Waals surface area contributed by atoms with Gasteiger partial charge in [0.1, 0.15) is 11.6 Å². The summed E-state index contributed by atoms with van der Waals surface area (Å²) in [5, 5.41) is 9.47. The minimum Gasteiger partial charge on any atom is -0.338 e. The summed E-state index contributed by atoms with van der Waals surface area (Å²) in [5.74, 6) is -1.23. The van der Waals surface area contributed by atoms with Gasteiger partial charge in [0.05, 0.1) is 12.2 Å². The third-order valence-electron chi connectivity index (χ3n) is 3.93. The standard InChI is InChI=1S/C20H18F2N4O2/c1-2-23-20(28)24-15-5-3-4-13(10-15)12-26-19(27)9-8-18(25-26)16-11-14(21)6-7-17(16)22/h3-11H,2,12H2,1H3,(H2,23,24,28). The van der Waals surface area contributed by atoms with Crippen molar-refractivity contribution in [2.45, 2.75) is 13.5 Å². The van der Waals surface area contributed by atoms with Gasteiger partial charge in [0.25, 0.3) is 5.56 Å². The van der Waals surface area contributed by atoms with Crippen molar-refractivity contribution in [2.75, 3.05) is 11.9 Å². The molecular weight excluding hydrogens is 366 g/mol. The molecule has 2 amide bonds. The Balaban J connectivity index is 1.88. The maximum atomic E-state index is 14.0. The number of nitrogens with zero attached hydrogens (tertiary/aromatic N) is 2. The first-order valence-electron chi connectivity index (χ1n) is 8.63. The summed E-state index contributed by atoms with van der Waals surface area (Å²) in [5.41, 5.74) is 1.00. The van der Waals surface area contributed by atoms with Crippen molar-refractivity contribution >= 4 is 11.7 Å². The van der Waals surface area contributed by atoms with Gasteiger partial charge < -0.3 is 10.6 Å². The predicted molar refractivity (Wildman–Crippen MR) is 102 cm³/mol. The zero-order chi connectivity index (χ0) is 20.1. The maximum absolute atomic E-state index is 14.0. The Hall–Kier alpha value is -3.55. The van der Waals surface area contributed by atoms with E-state index in [1.165, 1.54) is 12.1 Å². The average molecular weight is 384 g/mol. The lowest BCUT2D eigenvalue weighted by atomic mass is 10.1. The number of amides is 2. The number of urea groups is 1. The van der Waals surface area contributed by atoms with Gasteiger partial charge in [-0.05, 0) is 48.9 Å². The number of aromatic nitrogens is 2. The molecule has 0 unspecified atom stereocenters. The van der Waals surface area contributed by atoms with Crippen molar-refractivity contribution in [3.63, 3.8) is 0 Å². The van der Waals surface area contributed by atoms with Gasteiger partial charge in [0.2, 0.25) is 0 Å². The monoisotopic (exact) mass is 384 g/mol. The van der Waals surface area contributed by atoms with E-state index in [1.54, 1.807) is 24.3 Å². The van der Waals surface area contributed by atoms with Crippen LogP contribution >= 0.6 is 0 Å². The summed E-state index contributed by atoms with van der Waals surface area (Å²) in [7, 11) is 0. The first-order valence-corrected chi connectivity index (χ1v) is 8.63. The molecule has 144 valence electrons. The number of rotatable bonds is 5. The Morgan fingerprint density at radius 1 is 1.11 bits per heavy atom. The number of carbonyl (C=O) groups is 1. The molecule has 0 aliphatic carbocycles. The van der Waals surface area contributed by atoms with Gasteiger partial charge in [-0.15, -0.1) is 0 Å². The van der Waals surface area contributed by atoms with Gasteiger partial charge in [-0.3, -0.25) is 4.79 Å². The van der Waals surface area contributed by atoms with Gasteiger partial charge in [-0.1, -0.05) is 12.1 Å². The lowest BCUT2D eigenvalue weighted by Crippen LogP contribution is -2.28. The zero-order valence-electron chi connectivity index (χ0n) is 15.1. The molecule has 6 nitrogen and oxygen atoms in total. The molecule has 1 heterocycles. The van der Waals surface area contributed by atoms with Crippen molar-refractivity contribution in [3.05, 3.63) is 82.1 Å². The second-order valence-electron chi connectivity index (χ2n) is 6.02. The van der Waals surface area contributed by atoms with E-state index in [1.807, 2.05) is 6.92 Å². The van der Waals surface area contributed by atoms with Crippen LogP contribution in [0.5, 0.6) is 0 Å². The molecule has 0 aliphatic rings. The highest BCUT2D eigenvalue weighted by Gasteiger charge is 2.10. The maximum Gasteiger partial charge on any atom is 0.319 e. The molecule has 1 aromatic heterocycles. The topological polar surface area (TPSA) is 76.0 Å². The minimum atomic E-state index is -0.632. The fourth-order valence-corrected chi connectivity index (χ4v) is 2.66. The van der Waals surface area contributed by atoms with E-state index < -0.39 is 11.6 Å². The van der Waals surface area contributed by atoms with Crippen LogP contribution in [-0.2, 0) is 6.54 Å². The highest BCUT2D eigenvalue weighted by Crippen LogP contribution is 2.21. The summed E-state index contributed by atoms with van der Waals surface area (Å²) in [6.07, 6.45) is 0. The summed E-state index contributed by atoms with van der Waals surface area (Å²) in [6, 6.07) is 12.3. The van der Waals surface area contributed by atoms with Gasteiger partial charge in [0.15, 0.2) is 0 Å². The van der Waals surface area contributed by atoms with Gasteiger partial charge >= 0.3 is 6.03 Å². The molecule has 0 atom stereocenters. The highest BCUT2D eigenvalue weighted by molar-refractivity contribution is 5.89. The van der Waals surface area contributed by atoms with Crippen molar-refractivity contribution in [3.8, 4) is 11.3 Å². The molecular formula is C20H18F2N4O2.